The second-order valence-electron chi connectivity index (χ2n) is 6.52. The number of ether oxygens (including phenoxy) is 1. The number of rotatable bonds is 7. The van der Waals surface area contributed by atoms with Gasteiger partial charge in [0.1, 0.15) is 18.1 Å². The lowest BCUT2D eigenvalue weighted by Crippen LogP contribution is -2.41. The van der Waals surface area contributed by atoms with Gasteiger partial charge < -0.3 is 19.3 Å². The van der Waals surface area contributed by atoms with E-state index in [0.717, 1.165) is 17.0 Å². The molecule has 6 heteroatoms. The Morgan fingerprint density at radius 1 is 1.24 bits per heavy atom. The predicted octanol–water partition coefficient (Wildman–Crippen LogP) is 3.10. The number of nitrogens with zero attached hydrogens (tertiary/aromatic N) is 2. The Morgan fingerprint density at radius 3 is 2.36 bits per heavy atom. The van der Waals surface area contributed by atoms with Gasteiger partial charge in [0.05, 0.1) is 17.4 Å². The van der Waals surface area contributed by atoms with Crippen molar-refractivity contribution in [3.8, 4) is 5.75 Å². The molecule has 2 rings (SSSR count). The third kappa shape index (κ3) is 4.82. The third-order valence-electron chi connectivity index (χ3n) is 4.01. The Bertz CT molecular complexity index is 685. The van der Waals surface area contributed by atoms with Crippen LogP contribution in [0.4, 0.5) is 0 Å². The molecular formula is C19H26N2O4. The molecule has 6 nitrogen and oxygen atoms in total. The molecule has 1 heterocycles. The van der Waals surface area contributed by atoms with Crippen molar-refractivity contribution in [3.05, 3.63) is 46.8 Å². The van der Waals surface area contributed by atoms with Gasteiger partial charge in [-0.25, -0.2) is 0 Å². The van der Waals surface area contributed by atoms with Gasteiger partial charge in [-0.05, 0) is 58.9 Å². The minimum Gasteiger partial charge on any atom is -0.489 e. The molecule has 1 amide bonds. The summed E-state index contributed by atoms with van der Waals surface area (Å²) < 4.78 is 10.9. The Hall–Kier alpha value is -2.34. The van der Waals surface area contributed by atoms with Gasteiger partial charge in [0.25, 0.3) is 5.91 Å². The number of hydrogen-bond acceptors (Lipinski definition) is 5. The molecule has 136 valence electrons. The maximum atomic E-state index is 12.6. The minimum absolute atomic E-state index is 0.0116. The highest BCUT2D eigenvalue weighted by Crippen LogP contribution is 2.19. The average molecular weight is 346 g/mol. The van der Waals surface area contributed by atoms with E-state index >= 15 is 0 Å². The molecule has 25 heavy (non-hydrogen) atoms. The molecule has 0 aliphatic carbocycles. The van der Waals surface area contributed by atoms with Crippen molar-refractivity contribution in [3.63, 3.8) is 0 Å². The van der Waals surface area contributed by atoms with Crippen LogP contribution in [0.3, 0.4) is 0 Å². The number of aliphatic hydroxyl groups excluding tert-OH is 1. The molecule has 0 aliphatic heterocycles. The molecule has 0 fully saturated rings. The standard InChI is InChI=1S/C19H26N2O4/c1-12(2)21(10-13(3)22)19(23)16-6-8-17(9-7-16)24-11-18-14(4)20-25-15(18)5/h6-9,12-13,22H,10-11H2,1-5H3. The molecule has 0 saturated heterocycles. The van der Waals surface area contributed by atoms with Gasteiger partial charge >= 0.3 is 0 Å². The number of aromatic nitrogens is 1. The zero-order valence-corrected chi connectivity index (χ0v) is 15.4. The quantitative estimate of drug-likeness (QED) is 0.834. The lowest BCUT2D eigenvalue weighted by Gasteiger charge is -2.28. The fraction of sp³-hybridized carbons (Fsp3) is 0.474. The van der Waals surface area contributed by atoms with E-state index in [1.807, 2.05) is 27.7 Å². The van der Waals surface area contributed by atoms with Crippen molar-refractivity contribution in [1.29, 1.82) is 0 Å². The fourth-order valence-corrected chi connectivity index (χ4v) is 2.54. The zero-order valence-electron chi connectivity index (χ0n) is 15.4. The van der Waals surface area contributed by atoms with Crippen LogP contribution in [0.2, 0.25) is 0 Å². The van der Waals surface area contributed by atoms with Crippen LogP contribution < -0.4 is 4.74 Å². The van der Waals surface area contributed by atoms with Crippen molar-refractivity contribution in [2.24, 2.45) is 0 Å². The first-order chi connectivity index (χ1) is 11.8. The summed E-state index contributed by atoms with van der Waals surface area (Å²) in [6.07, 6.45) is -0.566. The van der Waals surface area contributed by atoms with Gasteiger partial charge in [-0.3, -0.25) is 4.79 Å². The van der Waals surface area contributed by atoms with Crippen LogP contribution in [-0.4, -0.2) is 39.8 Å². The van der Waals surface area contributed by atoms with Crippen molar-refractivity contribution in [1.82, 2.24) is 10.1 Å². The van der Waals surface area contributed by atoms with E-state index in [1.165, 1.54) is 0 Å². The van der Waals surface area contributed by atoms with Crippen LogP contribution in [0.5, 0.6) is 5.75 Å². The lowest BCUT2D eigenvalue weighted by atomic mass is 10.1. The summed E-state index contributed by atoms with van der Waals surface area (Å²) in [7, 11) is 0. The second-order valence-corrected chi connectivity index (χ2v) is 6.52. The summed E-state index contributed by atoms with van der Waals surface area (Å²) in [4.78, 5) is 14.3. The molecular weight excluding hydrogens is 320 g/mol. The summed E-state index contributed by atoms with van der Waals surface area (Å²) in [5.74, 6) is 1.31. The van der Waals surface area contributed by atoms with Crippen LogP contribution in [0.1, 0.15) is 48.1 Å². The van der Waals surface area contributed by atoms with Crippen LogP contribution >= 0.6 is 0 Å². The molecule has 0 aliphatic rings. The molecule has 1 unspecified atom stereocenters. The molecule has 0 spiro atoms. The van der Waals surface area contributed by atoms with Gasteiger partial charge in [0.15, 0.2) is 0 Å². The van der Waals surface area contributed by atoms with E-state index in [4.69, 9.17) is 9.26 Å². The minimum atomic E-state index is -0.566. The molecule has 0 bridgehead atoms. The maximum absolute atomic E-state index is 12.6. The highest BCUT2D eigenvalue weighted by molar-refractivity contribution is 5.94. The van der Waals surface area contributed by atoms with Crippen molar-refractivity contribution < 1.29 is 19.2 Å². The number of hydrogen-bond donors (Lipinski definition) is 1. The number of carbonyl (C=O) groups excluding carboxylic acids is 1. The summed E-state index contributed by atoms with van der Waals surface area (Å²) in [6, 6.07) is 7.03. The van der Waals surface area contributed by atoms with Crippen molar-refractivity contribution in [2.45, 2.75) is 53.4 Å². The maximum Gasteiger partial charge on any atom is 0.254 e. The first-order valence-corrected chi connectivity index (χ1v) is 8.43. The normalized spacial score (nSPS) is 12.3. The zero-order chi connectivity index (χ0) is 18.6. The SMILES string of the molecule is Cc1noc(C)c1COc1ccc(C(=O)N(CC(C)O)C(C)C)cc1. The first kappa shape index (κ1) is 19.0. The number of amides is 1. The van der Waals surface area contributed by atoms with E-state index in [1.54, 1.807) is 36.1 Å². The molecule has 2 aromatic rings. The van der Waals surface area contributed by atoms with E-state index in [9.17, 15) is 9.90 Å². The predicted molar refractivity (Wildman–Crippen MR) is 94.6 cm³/mol. The summed E-state index contributed by atoms with van der Waals surface area (Å²) in [6.45, 7) is 9.94. The second kappa shape index (κ2) is 8.16. The molecule has 1 aromatic carbocycles. The van der Waals surface area contributed by atoms with Gasteiger partial charge in [0, 0.05) is 18.2 Å². The van der Waals surface area contributed by atoms with Crippen LogP contribution in [0.25, 0.3) is 0 Å². The van der Waals surface area contributed by atoms with Gasteiger partial charge in [-0.15, -0.1) is 0 Å². The van der Waals surface area contributed by atoms with Crippen LogP contribution in [-0.2, 0) is 6.61 Å². The third-order valence-corrected chi connectivity index (χ3v) is 4.01. The van der Waals surface area contributed by atoms with E-state index < -0.39 is 6.10 Å². The van der Waals surface area contributed by atoms with Crippen LogP contribution in [0, 0.1) is 13.8 Å². The van der Waals surface area contributed by atoms with E-state index in [-0.39, 0.29) is 11.9 Å². The summed E-state index contributed by atoms with van der Waals surface area (Å²) in [5.41, 5.74) is 2.32. The highest BCUT2D eigenvalue weighted by atomic mass is 16.5. The highest BCUT2D eigenvalue weighted by Gasteiger charge is 2.20. The summed E-state index contributed by atoms with van der Waals surface area (Å²) >= 11 is 0. The number of benzene rings is 1. The number of aliphatic hydroxyl groups is 1. The van der Waals surface area contributed by atoms with Crippen molar-refractivity contribution >= 4 is 5.91 Å². The first-order valence-electron chi connectivity index (χ1n) is 8.43. The number of carbonyl (C=O) groups is 1. The molecule has 1 atom stereocenters. The Morgan fingerprint density at radius 2 is 1.88 bits per heavy atom. The van der Waals surface area contributed by atoms with Gasteiger partial charge in [-0.2, -0.15) is 0 Å². The van der Waals surface area contributed by atoms with Crippen LogP contribution in [0.15, 0.2) is 28.8 Å². The molecule has 0 radical (unpaired) electrons. The van der Waals surface area contributed by atoms with Gasteiger partial charge in [-0.1, -0.05) is 5.16 Å². The Labute approximate surface area is 148 Å². The van der Waals surface area contributed by atoms with Gasteiger partial charge in [0.2, 0.25) is 0 Å². The molecule has 0 saturated carbocycles. The molecule has 1 aromatic heterocycles. The lowest BCUT2D eigenvalue weighted by molar-refractivity contribution is 0.0579. The molecule has 1 N–H and O–H groups in total. The van der Waals surface area contributed by atoms with E-state index in [0.29, 0.717) is 24.5 Å². The monoisotopic (exact) mass is 346 g/mol. The van der Waals surface area contributed by atoms with Crippen molar-refractivity contribution in [2.75, 3.05) is 6.54 Å². The number of aryl methyl sites for hydroxylation is 2. The largest absolute Gasteiger partial charge is 0.489 e. The topological polar surface area (TPSA) is 75.8 Å². The summed E-state index contributed by atoms with van der Waals surface area (Å²) in [5, 5.41) is 13.5. The smallest absolute Gasteiger partial charge is 0.254 e. The fourth-order valence-electron chi connectivity index (χ4n) is 2.54. The van der Waals surface area contributed by atoms with E-state index in [2.05, 4.69) is 5.16 Å². The average Bonchev–Trinajstić information content (AvgIpc) is 2.88. The Balaban J connectivity index is 2.04. The Kier molecular flexibility index (Phi) is 6.20.